The van der Waals surface area contributed by atoms with Crippen molar-refractivity contribution >= 4 is 14.6 Å². The summed E-state index contributed by atoms with van der Waals surface area (Å²) in [6.07, 6.45) is 0.484. The van der Waals surface area contributed by atoms with Crippen LogP contribution < -0.4 is 0 Å². The third kappa shape index (κ3) is 2.52. The molecule has 0 aliphatic rings. The second-order valence-corrected chi connectivity index (χ2v) is 6.40. The summed E-state index contributed by atoms with van der Waals surface area (Å²) in [6.45, 7) is 3.80. The van der Waals surface area contributed by atoms with Crippen molar-refractivity contribution in [2.24, 2.45) is 0 Å². The third-order valence-corrected chi connectivity index (χ3v) is 5.71. The van der Waals surface area contributed by atoms with E-state index in [0.29, 0.717) is 6.42 Å². The summed E-state index contributed by atoms with van der Waals surface area (Å²) < 4.78 is 12.3. The zero-order valence-electron chi connectivity index (χ0n) is 9.09. The molecule has 0 radical (unpaired) electrons. The van der Waals surface area contributed by atoms with Gasteiger partial charge in [0.1, 0.15) is 0 Å². The predicted octanol–water partition coefficient (Wildman–Crippen LogP) is 1.11. The Kier molecular flexibility index (Phi) is 5.20. The maximum Gasteiger partial charge on any atom is 0.460 e. The van der Waals surface area contributed by atoms with E-state index in [1.54, 1.807) is 25.8 Å². The average molecular weight is 205 g/mol. The summed E-state index contributed by atoms with van der Waals surface area (Å²) >= 11 is 0. The number of hydrogen-bond donors (Lipinski definition) is 0. The van der Waals surface area contributed by atoms with E-state index in [0.717, 1.165) is 6.04 Å². The van der Waals surface area contributed by atoms with Crippen molar-refractivity contribution < 1.29 is 13.6 Å². The Morgan fingerprint density at radius 1 is 1.31 bits per heavy atom. The summed E-state index contributed by atoms with van der Waals surface area (Å²) in [4.78, 5) is 11.4. The molecule has 0 spiro atoms. The number of amides is 1. The topological polar surface area (TPSA) is 38.8 Å². The molecule has 0 atom stereocenters. The Balaban J connectivity index is 4.62. The Hall–Kier alpha value is -0.393. The standard InChI is InChI=1S/C8H19NO3Si/c1-6-8(10)9(3)13(7-2,11-4)12-5/h6-7H2,1-5H3. The van der Waals surface area contributed by atoms with E-state index in [1.165, 1.54) is 0 Å². The van der Waals surface area contributed by atoms with Gasteiger partial charge in [0.05, 0.1) is 0 Å². The zero-order chi connectivity index (χ0) is 10.5. The van der Waals surface area contributed by atoms with Gasteiger partial charge in [0.15, 0.2) is 0 Å². The lowest BCUT2D eigenvalue weighted by molar-refractivity contribution is -0.127. The molecule has 0 saturated heterocycles. The van der Waals surface area contributed by atoms with Crippen LogP contribution >= 0.6 is 0 Å². The smallest absolute Gasteiger partial charge is 0.382 e. The highest BCUT2D eigenvalue weighted by atomic mass is 28.4. The maximum atomic E-state index is 11.4. The van der Waals surface area contributed by atoms with E-state index in [1.807, 2.05) is 13.8 Å². The molecule has 78 valence electrons. The normalized spacial score (nSPS) is 11.5. The summed E-state index contributed by atoms with van der Waals surface area (Å²) in [6, 6.07) is 0.738. The van der Waals surface area contributed by atoms with Crippen molar-refractivity contribution in [3.63, 3.8) is 0 Å². The predicted molar refractivity (Wildman–Crippen MR) is 53.3 cm³/mol. The molecule has 1 amide bonds. The summed E-state index contributed by atoms with van der Waals surface area (Å²) in [5, 5.41) is 0. The quantitative estimate of drug-likeness (QED) is 0.631. The van der Waals surface area contributed by atoms with Crippen LogP contribution in [0.5, 0.6) is 0 Å². The molecule has 4 nitrogen and oxygen atoms in total. The molecular weight excluding hydrogens is 186 g/mol. The van der Waals surface area contributed by atoms with E-state index < -0.39 is 8.72 Å². The maximum absolute atomic E-state index is 11.4. The minimum atomic E-state index is -2.42. The zero-order valence-corrected chi connectivity index (χ0v) is 10.1. The van der Waals surface area contributed by atoms with Crippen molar-refractivity contribution in [1.29, 1.82) is 0 Å². The van der Waals surface area contributed by atoms with Crippen LogP contribution in [0.1, 0.15) is 20.3 Å². The Bertz CT molecular complexity index is 163. The van der Waals surface area contributed by atoms with Gasteiger partial charge in [-0.1, -0.05) is 13.8 Å². The van der Waals surface area contributed by atoms with Crippen molar-refractivity contribution in [1.82, 2.24) is 4.57 Å². The van der Waals surface area contributed by atoms with E-state index >= 15 is 0 Å². The summed E-state index contributed by atoms with van der Waals surface area (Å²) in [7, 11) is 2.52. The number of carbonyl (C=O) groups excluding carboxylic acids is 1. The largest absolute Gasteiger partial charge is 0.460 e. The van der Waals surface area contributed by atoms with E-state index in [2.05, 4.69) is 0 Å². The molecule has 0 aromatic rings. The van der Waals surface area contributed by atoms with E-state index in [4.69, 9.17) is 8.85 Å². The molecule has 13 heavy (non-hydrogen) atoms. The first-order valence-corrected chi connectivity index (χ1v) is 6.42. The Morgan fingerprint density at radius 3 is 2.00 bits per heavy atom. The minimum Gasteiger partial charge on any atom is -0.382 e. The molecule has 0 aromatic carbocycles. The van der Waals surface area contributed by atoms with Crippen LogP contribution in [0, 0.1) is 0 Å². The minimum absolute atomic E-state index is 0.0669. The second kappa shape index (κ2) is 5.36. The molecule has 0 aromatic heterocycles. The van der Waals surface area contributed by atoms with Gasteiger partial charge in [-0.2, -0.15) is 0 Å². The molecule has 0 fully saturated rings. The first kappa shape index (κ1) is 12.6. The molecule has 0 N–H and O–H groups in total. The first-order valence-electron chi connectivity index (χ1n) is 4.44. The fraction of sp³-hybridized carbons (Fsp3) is 0.875. The average Bonchev–Trinajstić information content (AvgIpc) is 2.20. The third-order valence-electron chi connectivity index (χ3n) is 2.27. The van der Waals surface area contributed by atoms with Crippen LogP contribution in [0.3, 0.4) is 0 Å². The highest BCUT2D eigenvalue weighted by Gasteiger charge is 2.41. The molecule has 0 heterocycles. The lowest BCUT2D eigenvalue weighted by atomic mass is 10.5. The van der Waals surface area contributed by atoms with Gasteiger partial charge in [-0.15, -0.1) is 0 Å². The van der Waals surface area contributed by atoms with Gasteiger partial charge < -0.3 is 13.4 Å². The van der Waals surface area contributed by atoms with Gasteiger partial charge in [0, 0.05) is 33.7 Å². The molecule has 0 aliphatic heterocycles. The van der Waals surface area contributed by atoms with Crippen molar-refractivity contribution in [2.75, 3.05) is 21.3 Å². The van der Waals surface area contributed by atoms with Gasteiger partial charge in [0.25, 0.3) is 0 Å². The molecule has 0 aliphatic carbocycles. The van der Waals surface area contributed by atoms with Gasteiger partial charge in [-0.3, -0.25) is 4.79 Å². The number of hydrogen-bond acceptors (Lipinski definition) is 3. The lowest BCUT2D eigenvalue weighted by Crippen LogP contribution is -2.57. The van der Waals surface area contributed by atoms with Gasteiger partial charge >= 0.3 is 8.72 Å². The van der Waals surface area contributed by atoms with Crippen LogP contribution in [0.25, 0.3) is 0 Å². The molecule has 5 heteroatoms. The summed E-state index contributed by atoms with van der Waals surface area (Å²) in [5.74, 6) is 0.0669. The van der Waals surface area contributed by atoms with E-state index in [9.17, 15) is 4.79 Å². The first-order chi connectivity index (χ1) is 6.07. The fourth-order valence-corrected chi connectivity index (χ4v) is 3.61. The van der Waals surface area contributed by atoms with Gasteiger partial charge in [-0.25, -0.2) is 0 Å². The summed E-state index contributed by atoms with van der Waals surface area (Å²) in [5.41, 5.74) is 0. The number of carbonyl (C=O) groups is 1. The van der Waals surface area contributed by atoms with Crippen LogP contribution in [-0.4, -0.2) is 40.5 Å². The van der Waals surface area contributed by atoms with E-state index in [-0.39, 0.29) is 5.91 Å². The number of nitrogens with zero attached hydrogens (tertiary/aromatic N) is 1. The second-order valence-electron chi connectivity index (χ2n) is 2.78. The van der Waals surface area contributed by atoms with Crippen LogP contribution in [-0.2, 0) is 13.6 Å². The number of rotatable bonds is 5. The van der Waals surface area contributed by atoms with Crippen LogP contribution in [0.4, 0.5) is 0 Å². The van der Waals surface area contributed by atoms with Crippen molar-refractivity contribution in [3.05, 3.63) is 0 Å². The molecule has 0 saturated carbocycles. The Labute approximate surface area is 81.1 Å². The highest BCUT2D eigenvalue weighted by Crippen LogP contribution is 2.16. The molecule has 0 unspecified atom stereocenters. The molecular formula is C8H19NO3Si. The molecule has 0 bridgehead atoms. The van der Waals surface area contributed by atoms with Gasteiger partial charge in [-0.05, 0) is 0 Å². The Morgan fingerprint density at radius 2 is 1.77 bits per heavy atom. The highest BCUT2D eigenvalue weighted by molar-refractivity contribution is 6.66. The van der Waals surface area contributed by atoms with Crippen molar-refractivity contribution in [3.8, 4) is 0 Å². The van der Waals surface area contributed by atoms with Crippen LogP contribution in [0.2, 0.25) is 6.04 Å². The lowest BCUT2D eigenvalue weighted by Gasteiger charge is -2.34. The van der Waals surface area contributed by atoms with Gasteiger partial charge in [0.2, 0.25) is 5.91 Å². The fourth-order valence-electron chi connectivity index (χ4n) is 1.31. The monoisotopic (exact) mass is 205 g/mol. The van der Waals surface area contributed by atoms with Crippen molar-refractivity contribution in [2.45, 2.75) is 26.3 Å². The van der Waals surface area contributed by atoms with Crippen LogP contribution in [0.15, 0.2) is 0 Å². The SMILES string of the molecule is CCC(=O)N(C)[Si](CC)(OC)OC. The molecule has 0 rings (SSSR count).